The molecule has 0 spiro atoms. The summed E-state index contributed by atoms with van der Waals surface area (Å²) < 4.78 is 6.32. The molecular formula is C11H17NO3. The van der Waals surface area contributed by atoms with E-state index in [0.29, 0.717) is 0 Å². The Kier molecular flexibility index (Phi) is 8.28. The van der Waals surface area contributed by atoms with Gasteiger partial charge in [-0.3, -0.25) is 0 Å². The summed E-state index contributed by atoms with van der Waals surface area (Å²) in [5, 5.41) is 9.36. The summed E-state index contributed by atoms with van der Waals surface area (Å²) in [5.74, 6) is -1.18. The van der Waals surface area contributed by atoms with Crippen LogP contribution in [0.15, 0.2) is 30.6 Å². The lowest BCUT2D eigenvalue weighted by Gasteiger charge is -1.94. The topological polar surface area (TPSA) is 53.2 Å². The van der Waals surface area contributed by atoms with E-state index in [0.717, 1.165) is 6.54 Å². The van der Waals surface area contributed by atoms with E-state index >= 15 is 0 Å². The molecule has 1 heterocycles. The molecular weight excluding hydrogens is 194 g/mol. The van der Waals surface area contributed by atoms with E-state index < -0.39 is 5.97 Å². The van der Waals surface area contributed by atoms with E-state index in [1.165, 1.54) is 13.5 Å². The summed E-state index contributed by atoms with van der Waals surface area (Å²) in [7, 11) is 1.30. The molecule has 0 unspecified atom stereocenters. The molecule has 0 fully saturated rings. The first-order chi connectivity index (χ1) is 7.20. The molecule has 4 heteroatoms. The van der Waals surface area contributed by atoms with Gasteiger partial charge in [0.15, 0.2) is 12.4 Å². The third-order valence-electron chi connectivity index (χ3n) is 1.52. The highest BCUT2D eigenvalue weighted by atomic mass is 16.5. The van der Waals surface area contributed by atoms with Crippen LogP contribution in [0.5, 0.6) is 0 Å². The van der Waals surface area contributed by atoms with Crippen LogP contribution in [-0.4, -0.2) is 19.7 Å². The second kappa shape index (κ2) is 9.15. The highest BCUT2D eigenvalue weighted by Gasteiger charge is 1.90. The van der Waals surface area contributed by atoms with E-state index in [2.05, 4.69) is 40.8 Å². The molecule has 84 valence electrons. The van der Waals surface area contributed by atoms with Crippen molar-refractivity contribution in [2.75, 3.05) is 13.7 Å². The molecule has 0 amide bonds. The average molecular weight is 211 g/mol. The quantitative estimate of drug-likeness (QED) is 0.646. The number of aliphatic carboxylic acids is 1. The Morgan fingerprint density at radius 2 is 1.93 bits per heavy atom. The summed E-state index contributed by atoms with van der Waals surface area (Å²) in [6.45, 7) is 2.99. The first-order valence-corrected chi connectivity index (χ1v) is 4.83. The second-order valence-corrected chi connectivity index (χ2v) is 2.92. The zero-order valence-corrected chi connectivity index (χ0v) is 9.18. The SMILES string of the molecule is CCC[n+]1ccccc1.COCC(=O)[O-]. The summed E-state index contributed by atoms with van der Waals surface area (Å²) in [5.41, 5.74) is 0. The zero-order valence-electron chi connectivity index (χ0n) is 9.18. The first-order valence-electron chi connectivity index (χ1n) is 4.83. The molecule has 0 aliphatic carbocycles. The third-order valence-corrected chi connectivity index (χ3v) is 1.52. The minimum Gasteiger partial charge on any atom is -0.548 e. The summed E-state index contributed by atoms with van der Waals surface area (Å²) in [6.07, 6.45) is 5.38. The molecule has 0 radical (unpaired) electrons. The zero-order chi connectivity index (χ0) is 11.5. The Morgan fingerprint density at radius 1 is 1.33 bits per heavy atom. The minimum atomic E-state index is -1.18. The van der Waals surface area contributed by atoms with Gasteiger partial charge in [-0.2, -0.15) is 0 Å². The van der Waals surface area contributed by atoms with Crippen molar-refractivity contribution in [3.63, 3.8) is 0 Å². The van der Waals surface area contributed by atoms with Gasteiger partial charge >= 0.3 is 0 Å². The van der Waals surface area contributed by atoms with Crippen LogP contribution in [0.4, 0.5) is 0 Å². The fraction of sp³-hybridized carbons (Fsp3) is 0.455. The number of pyridine rings is 1. The van der Waals surface area contributed by atoms with E-state index in [1.807, 2.05) is 6.07 Å². The molecule has 1 aromatic heterocycles. The van der Waals surface area contributed by atoms with E-state index in [-0.39, 0.29) is 6.61 Å². The Labute approximate surface area is 90.1 Å². The molecule has 0 N–H and O–H groups in total. The van der Waals surface area contributed by atoms with Crippen molar-refractivity contribution >= 4 is 5.97 Å². The lowest BCUT2D eigenvalue weighted by molar-refractivity contribution is -0.697. The van der Waals surface area contributed by atoms with Crippen LogP contribution in [-0.2, 0) is 16.1 Å². The molecule has 0 aliphatic rings. The molecule has 1 rings (SSSR count). The van der Waals surface area contributed by atoms with Crippen molar-refractivity contribution < 1.29 is 19.2 Å². The van der Waals surface area contributed by atoms with Gasteiger partial charge in [0, 0.05) is 25.7 Å². The van der Waals surface area contributed by atoms with Crippen molar-refractivity contribution in [3.05, 3.63) is 30.6 Å². The fourth-order valence-electron chi connectivity index (χ4n) is 0.959. The van der Waals surface area contributed by atoms with Gasteiger partial charge in [-0.15, -0.1) is 0 Å². The average Bonchev–Trinajstić information content (AvgIpc) is 2.20. The molecule has 0 aliphatic heterocycles. The van der Waals surface area contributed by atoms with Crippen molar-refractivity contribution in [3.8, 4) is 0 Å². The van der Waals surface area contributed by atoms with Crippen molar-refractivity contribution in [1.82, 2.24) is 0 Å². The number of aromatic nitrogens is 1. The number of carboxylic acid groups (broad SMARTS) is 1. The monoisotopic (exact) mass is 211 g/mol. The Bertz CT molecular complexity index is 262. The number of carbonyl (C=O) groups excluding carboxylic acids is 1. The predicted molar refractivity (Wildman–Crippen MR) is 53.8 cm³/mol. The summed E-state index contributed by atoms with van der Waals surface area (Å²) >= 11 is 0. The molecule has 1 aromatic rings. The number of nitrogens with zero attached hydrogens (tertiary/aromatic N) is 1. The van der Waals surface area contributed by atoms with Crippen molar-refractivity contribution in [1.29, 1.82) is 0 Å². The first kappa shape index (κ1) is 13.6. The molecule has 0 bridgehead atoms. The van der Waals surface area contributed by atoms with Crippen LogP contribution in [0.2, 0.25) is 0 Å². The van der Waals surface area contributed by atoms with Gasteiger partial charge in [-0.25, -0.2) is 4.57 Å². The highest BCUT2D eigenvalue weighted by Crippen LogP contribution is 1.78. The van der Waals surface area contributed by atoms with Gasteiger partial charge in [0.2, 0.25) is 0 Å². The molecule has 4 nitrogen and oxygen atoms in total. The predicted octanol–water partition coefficient (Wildman–Crippen LogP) is -0.233. The van der Waals surface area contributed by atoms with E-state index in [1.54, 1.807) is 0 Å². The fourth-order valence-corrected chi connectivity index (χ4v) is 0.959. The number of hydrogen-bond donors (Lipinski definition) is 0. The number of hydrogen-bond acceptors (Lipinski definition) is 3. The van der Waals surface area contributed by atoms with Gasteiger partial charge in [0.1, 0.15) is 6.54 Å². The smallest absolute Gasteiger partial charge is 0.168 e. The number of carbonyl (C=O) groups is 1. The maximum Gasteiger partial charge on any atom is 0.168 e. The highest BCUT2D eigenvalue weighted by molar-refractivity contribution is 5.65. The van der Waals surface area contributed by atoms with E-state index in [9.17, 15) is 9.90 Å². The lowest BCUT2D eigenvalue weighted by Crippen LogP contribution is -2.31. The number of carboxylic acids is 1. The van der Waals surface area contributed by atoms with Crippen molar-refractivity contribution in [2.24, 2.45) is 0 Å². The van der Waals surface area contributed by atoms with Crippen LogP contribution in [0, 0.1) is 0 Å². The van der Waals surface area contributed by atoms with Gasteiger partial charge in [0.05, 0.1) is 12.6 Å². The van der Waals surface area contributed by atoms with Crippen LogP contribution in [0.25, 0.3) is 0 Å². The number of methoxy groups -OCH3 is 1. The molecule has 0 aromatic carbocycles. The third kappa shape index (κ3) is 8.90. The van der Waals surface area contributed by atoms with Gasteiger partial charge in [-0.1, -0.05) is 13.0 Å². The molecule has 0 saturated heterocycles. The number of rotatable bonds is 4. The van der Waals surface area contributed by atoms with Crippen LogP contribution in [0.1, 0.15) is 13.3 Å². The lowest BCUT2D eigenvalue weighted by atomic mass is 10.4. The largest absolute Gasteiger partial charge is 0.548 e. The van der Waals surface area contributed by atoms with Crippen LogP contribution < -0.4 is 9.67 Å². The van der Waals surface area contributed by atoms with E-state index in [4.69, 9.17) is 0 Å². The molecule has 0 saturated carbocycles. The maximum absolute atomic E-state index is 9.36. The second-order valence-electron chi connectivity index (χ2n) is 2.92. The van der Waals surface area contributed by atoms with Gasteiger partial charge in [0.25, 0.3) is 0 Å². The Balaban J connectivity index is 0.000000288. The van der Waals surface area contributed by atoms with Gasteiger partial charge in [-0.05, 0) is 0 Å². The normalized spacial score (nSPS) is 8.93. The van der Waals surface area contributed by atoms with Crippen LogP contribution >= 0.6 is 0 Å². The molecule has 0 atom stereocenters. The van der Waals surface area contributed by atoms with Crippen molar-refractivity contribution in [2.45, 2.75) is 19.9 Å². The molecule has 15 heavy (non-hydrogen) atoms. The Hall–Kier alpha value is -1.42. The van der Waals surface area contributed by atoms with Gasteiger partial charge < -0.3 is 14.6 Å². The summed E-state index contributed by atoms with van der Waals surface area (Å²) in [6, 6.07) is 6.14. The maximum atomic E-state index is 9.36. The van der Waals surface area contributed by atoms with Crippen LogP contribution in [0.3, 0.4) is 0 Å². The standard InChI is InChI=1S/C8H12N.C3H6O3/c1-2-6-9-7-4-3-5-8-9;1-6-2-3(4)5/h3-5,7-8H,2,6H2,1H3;2H2,1H3,(H,4,5)/q+1;/p-1. The Morgan fingerprint density at radius 3 is 2.27 bits per heavy atom. The minimum absolute atomic E-state index is 0.319. The summed E-state index contributed by atoms with van der Waals surface area (Å²) in [4.78, 5) is 9.36. The number of ether oxygens (including phenoxy) is 1. The number of aryl methyl sites for hydroxylation is 1.